The first-order valence-corrected chi connectivity index (χ1v) is 7.50. The molecule has 0 spiro atoms. The van der Waals surface area contributed by atoms with Gasteiger partial charge in [0.15, 0.2) is 12.0 Å². The first-order valence-electron chi connectivity index (χ1n) is 7.50. The maximum Gasteiger partial charge on any atom is 0.351 e. The summed E-state index contributed by atoms with van der Waals surface area (Å²) in [5.41, 5.74) is -0.229. The van der Waals surface area contributed by atoms with Crippen molar-refractivity contribution in [3.63, 3.8) is 0 Å². The molecule has 1 aromatic heterocycles. The Morgan fingerprint density at radius 2 is 2.12 bits per heavy atom. The quantitative estimate of drug-likeness (QED) is 0.290. The van der Waals surface area contributed by atoms with Crippen molar-refractivity contribution in [2.75, 3.05) is 18.7 Å². The van der Waals surface area contributed by atoms with Crippen LogP contribution in [0.3, 0.4) is 0 Å². The molecule has 2 rings (SSSR count). The van der Waals surface area contributed by atoms with Crippen molar-refractivity contribution in [2.24, 2.45) is 5.41 Å². The van der Waals surface area contributed by atoms with Gasteiger partial charge in [-0.3, -0.25) is 20.0 Å². The largest absolute Gasteiger partial charge is 0.462 e. The van der Waals surface area contributed by atoms with Crippen LogP contribution in [0.15, 0.2) is 17.1 Å². The number of carbonyl (C=O) groups excluding carboxylic acids is 1. The van der Waals surface area contributed by atoms with Crippen LogP contribution in [0.4, 0.5) is 5.82 Å². The summed E-state index contributed by atoms with van der Waals surface area (Å²) in [5, 5.41) is 38.0. The van der Waals surface area contributed by atoms with E-state index < -0.39 is 48.2 Å². The maximum atomic E-state index is 11.9. The lowest BCUT2D eigenvalue weighted by molar-refractivity contribution is -0.162. The van der Waals surface area contributed by atoms with Crippen LogP contribution in [0.2, 0.25) is 0 Å². The van der Waals surface area contributed by atoms with Gasteiger partial charge in [0.1, 0.15) is 24.9 Å². The summed E-state index contributed by atoms with van der Waals surface area (Å²) in [6.45, 7) is 2.19. The van der Waals surface area contributed by atoms with Crippen LogP contribution in [0.1, 0.15) is 20.1 Å². The molecule has 0 radical (unpaired) electrons. The lowest BCUT2D eigenvalue weighted by Gasteiger charge is -2.21. The Morgan fingerprint density at radius 1 is 1.44 bits per heavy atom. The molecule has 1 saturated heterocycles. The Bertz CT molecular complexity index is 676. The zero-order valence-electron chi connectivity index (χ0n) is 13.7. The lowest BCUT2D eigenvalue weighted by Crippen LogP contribution is -2.37. The highest BCUT2D eigenvalue weighted by Crippen LogP contribution is 2.29. The van der Waals surface area contributed by atoms with E-state index in [4.69, 9.17) is 19.8 Å². The number of nitrogens with zero attached hydrogens (tertiary/aromatic N) is 2. The predicted octanol–water partition coefficient (Wildman–Crippen LogP) is -1.77. The Hall–Kier alpha value is -2.05. The molecule has 5 N–H and O–H groups in total. The second-order valence-corrected chi connectivity index (χ2v) is 6.30. The van der Waals surface area contributed by atoms with E-state index in [0.29, 0.717) is 0 Å². The number of hydrogen-bond donors (Lipinski definition) is 5. The molecule has 140 valence electrons. The van der Waals surface area contributed by atoms with E-state index in [2.05, 4.69) is 4.98 Å². The minimum Gasteiger partial charge on any atom is -0.462 e. The standard InChI is InChI=1S/C14H21N3O8/c1-14(2,6-18)12(21)24-5-7-9(19)10(20)11(25-7)17-4-3-8(16-23)15-13(17)22/h3-4,7,9-11,18-20,23H,5-6H2,1-2H3,(H,15,16,22)/t7-,9-,10-,11-/m1/s1. The number of aliphatic hydroxyl groups excluding tert-OH is 3. The van der Waals surface area contributed by atoms with Crippen LogP contribution < -0.4 is 11.2 Å². The van der Waals surface area contributed by atoms with Gasteiger partial charge >= 0.3 is 11.7 Å². The van der Waals surface area contributed by atoms with Gasteiger partial charge in [0.05, 0.1) is 12.0 Å². The van der Waals surface area contributed by atoms with Crippen molar-refractivity contribution in [2.45, 2.75) is 38.4 Å². The Balaban J connectivity index is 2.08. The van der Waals surface area contributed by atoms with E-state index in [-0.39, 0.29) is 12.4 Å². The summed E-state index contributed by atoms with van der Waals surface area (Å²) in [4.78, 5) is 27.2. The van der Waals surface area contributed by atoms with Crippen molar-refractivity contribution < 1.29 is 34.8 Å². The fourth-order valence-corrected chi connectivity index (χ4v) is 2.18. The zero-order chi connectivity index (χ0) is 18.8. The highest BCUT2D eigenvalue weighted by Gasteiger charge is 2.45. The summed E-state index contributed by atoms with van der Waals surface area (Å²) in [6.07, 6.45) is -3.95. The maximum absolute atomic E-state index is 11.9. The van der Waals surface area contributed by atoms with Gasteiger partial charge in [-0.15, -0.1) is 0 Å². The Morgan fingerprint density at radius 3 is 2.68 bits per heavy atom. The van der Waals surface area contributed by atoms with Gasteiger partial charge in [0, 0.05) is 6.20 Å². The second kappa shape index (κ2) is 7.45. The summed E-state index contributed by atoms with van der Waals surface area (Å²) >= 11 is 0. The van der Waals surface area contributed by atoms with E-state index in [0.717, 1.165) is 4.57 Å². The number of nitrogens with one attached hydrogen (secondary N) is 1. The van der Waals surface area contributed by atoms with Crippen molar-refractivity contribution >= 4 is 11.8 Å². The molecule has 0 saturated carbocycles. The lowest BCUT2D eigenvalue weighted by atomic mass is 9.95. The number of rotatable bonds is 6. The molecule has 1 aliphatic rings. The fraction of sp³-hybridized carbons (Fsp3) is 0.643. The third kappa shape index (κ3) is 3.96. The molecule has 25 heavy (non-hydrogen) atoms. The third-order valence-corrected chi connectivity index (χ3v) is 3.88. The number of aromatic nitrogens is 2. The monoisotopic (exact) mass is 359 g/mol. The van der Waals surface area contributed by atoms with Gasteiger partial charge in [-0.1, -0.05) is 0 Å². The van der Waals surface area contributed by atoms with Crippen molar-refractivity contribution in [1.29, 1.82) is 0 Å². The van der Waals surface area contributed by atoms with Crippen molar-refractivity contribution in [3.8, 4) is 0 Å². The van der Waals surface area contributed by atoms with Crippen molar-refractivity contribution in [3.05, 3.63) is 22.7 Å². The Labute approximate surface area is 142 Å². The molecule has 0 bridgehead atoms. The molecular formula is C14H21N3O8. The van der Waals surface area contributed by atoms with Gasteiger partial charge in [-0.2, -0.15) is 4.98 Å². The van der Waals surface area contributed by atoms with Crippen LogP contribution in [0.25, 0.3) is 0 Å². The average Bonchev–Trinajstić information content (AvgIpc) is 2.87. The van der Waals surface area contributed by atoms with E-state index in [9.17, 15) is 19.8 Å². The molecule has 11 heteroatoms. The van der Waals surface area contributed by atoms with Gasteiger partial charge in [0.2, 0.25) is 0 Å². The molecule has 1 fully saturated rings. The van der Waals surface area contributed by atoms with Crippen LogP contribution in [0, 0.1) is 5.41 Å². The molecule has 0 amide bonds. The van der Waals surface area contributed by atoms with Gasteiger partial charge in [-0.25, -0.2) is 4.79 Å². The van der Waals surface area contributed by atoms with Gasteiger partial charge in [0.25, 0.3) is 0 Å². The third-order valence-electron chi connectivity index (χ3n) is 3.88. The summed E-state index contributed by atoms with van der Waals surface area (Å²) < 4.78 is 11.4. The Kier molecular flexibility index (Phi) is 5.75. The molecule has 0 aromatic carbocycles. The van der Waals surface area contributed by atoms with E-state index >= 15 is 0 Å². The fourth-order valence-electron chi connectivity index (χ4n) is 2.18. The number of hydrogen-bond acceptors (Lipinski definition) is 10. The van der Waals surface area contributed by atoms with Crippen LogP contribution in [-0.4, -0.2) is 67.6 Å². The SMILES string of the molecule is CC(C)(CO)C(=O)OC[C@H]1O[C@@H](n2ccc(NO)nc2=O)[C@H](O)[C@@H]1O. The number of anilines is 1. The molecule has 1 aromatic rings. The molecule has 0 unspecified atom stereocenters. The summed E-state index contributed by atoms with van der Waals surface area (Å²) in [7, 11) is 0. The summed E-state index contributed by atoms with van der Waals surface area (Å²) in [5.74, 6) is -0.785. The molecule has 1 aliphatic heterocycles. The number of aliphatic hydroxyl groups is 3. The first kappa shape index (κ1) is 19.3. The van der Waals surface area contributed by atoms with Crippen LogP contribution in [0.5, 0.6) is 0 Å². The second-order valence-electron chi connectivity index (χ2n) is 6.30. The highest BCUT2D eigenvalue weighted by atomic mass is 16.6. The van der Waals surface area contributed by atoms with E-state index in [1.54, 1.807) is 5.48 Å². The topological polar surface area (TPSA) is 163 Å². The minimum atomic E-state index is -1.46. The highest BCUT2D eigenvalue weighted by molar-refractivity contribution is 5.76. The molecule has 2 heterocycles. The van der Waals surface area contributed by atoms with Crippen LogP contribution in [-0.2, 0) is 14.3 Å². The molecule has 11 nitrogen and oxygen atoms in total. The molecule has 0 aliphatic carbocycles. The van der Waals surface area contributed by atoms with Crippen LogP contribution >= 0.6 is 0 Å². The number of esters is 1. The van der Waals surface area contributed by atoms with Crippen molar-refractivity contribution in [1.82, 2.24) is 9.55 Å². The van der Waals surface area contributed by atoms with Gasteiger partial charge < -0.3 is 24.8 Å². The van der Waals surface area contributed by atoms with E-state index in [1.807, 2.05) is 0 Å². The zero-order valence-corrected chi connectivity index (χ0v) is 13.7. The summed E-state index contributed by atoms with van der Waals surface area (Å²) in [6, 6.07) is 1.26. The number of ether oxygens (including phenoxy) is 2. The average molecular weight is 359 g/mol. The molecular weight excluding hydrogens is 338 g/mol. The normalized spacial score (nSPS) is 26.5. The predicted molar refractivity (Wildman–Crippen MR) is 81.7 cm³/mol. The van der Waals surface area contributed by atoms with Gasteiger partial charge in [-0.05, 0) is 19.9 Å². The first-order chi connectivity index (χ1) is 11.7. The molecule has 4 atom stereocenters. The minimum absolute atomic E-state index is 0.0917. The van der Waals surface area contributed by atoms with E-state index in [1.165, 1.54) is 26.1 Å². The number of carbonyl (C=O) groups is 1. The smallest absolute Gasteiger partial charge is 0.351 e.